The fourth-order valence-electron chi connectivity index (χ4n) is 3.32. The zero-order valence-corrected chi connectivity index (χ0v) is 10.9. The van der Waals surface area contributed by atoms with Crippen LogP contribution in [0.25, 0.3) is 0 Å². The monoisotopic (exact) mass is 247 g/mol. The first kappa shape index (κ1) is 12.2. The number of hydrogen-bond acceptors (Lipinski definition) is 1. The van der Waals surface area contributed by atoms with Gasteiger partial charge in [-0.1, -0.05) is 25.0 Å². The molecule has 1 aromatic rings. The van der Waals surface area contributed by atoms with Crippen molar-refractivity contribution in [2.45, 2.75) is 51.1 Å². The van der Waals surface area contributed by atoms with E-state index in [1.807, 2.05) is 6.07 Å². The zero-order chi connectivity index (χ0) is 12.4. The summed E-state index contributed by atoms with van der Waals surface area (Å²) in [5.41, 5.74) is 1.06. The Kier molecular flexibility index (Phi) is 3.64. The minimum absolute atomic E-state index is 0.131. The fraction of sp³-hybridized carbons (Fsp3) is 0.625. The maximum atomic E-state index is 13.1. The van der Waals surface area contributed by atoms with E-state index in [-0.39, 0.29) is 5.82 Å². The molecule has 0 spiro atoms. The highest BCUT2D eigenvalue weighted by Gasteiger charge is 2.34. The third-order valence-corrected chi connectivity index (χ3v) is 4.49. The summed E-state index contributed by atoms with van der Waals surface area (Å²) in [7, 11) is 0. The van der Waals surface area contributed by atoms with Crippen molar-refractivity contribution in [3.05, 3.63) is 35.6 Å². The minimum atomic E-state index is -0.131. The van der Waals surface area contributed by atoms with Crippen LogP contribution >= 0.6 is 0 Å². The van der Waals surface area contributed by atoms with Gasteiger partial charge in [-0.2, -0.15) is 0 Å². The highest BCUT2D eigenvalue weighted by atomic mass is 19.1. The van der Waals surface area contributed by atoms with Crippen molar-refractivity contribution in [1.82, 2.24) is 5.32 Å². The summed E-state index contributed by atoms with van der Waals surface area (Å²) < 4.78 is 13.1. The van der Waals surface area contributed by atoms with Crippen LogP contribution in [0.15, 0.2) is 24.3 Å². The van der Waals surface area contributed by atoms with E-state index in [1.54, 1.807) is 12.1 Å². The van der Waals surface area contributed by atoms with Crippen LogP contribution in [0, 0.1) is 17.7 Å². The minimum Gasteiger partial charge on any atom is -0.310 e. The molecule has 98 valence electrons. The summed E-state index contributed by atoms with van der Waals surface area (Å²) >= 11 is 0. The van der Waals surface area contributed by atoms with Gasteiger partial charge in [-0.15, -0.1) is 0 Å². The lowest BCUT2D eigenvalue weighted by Crippen LogP contribution is -2.34. The molecule has 2 atom stereocenters. The van der Waals surface area contributed by atoms with Gasteiger partial charge in [0.15, 0.2) is 0 Å². The van der Waals surface area contributed by atoms with Gasteiger partial charge in [-0.25, -0.2) is 4.39 Å². The maximum absolute atomic E-state index is 13.1. The van der Waals surface area contributed by atoms with Gasteiger partial charge in [0.1, 0.15) is 5.82 Å². The van der Waals surface area contributed by atoms with Crippen LogP contribution in [0.4, 0.5) is 4.39 Å². The molecule has 3 rings (SSSR count). The van der Waals surface area contributed by atoms with Crippen molar-refractivity contribution in [3.8, 4) is 0 Å². The fourth-order valence-corrected chi connectivity index (χ4v) is 3.32. The molecule has 0 aromatic heterocycles. The summed E-state index contributed by atoms with van der Waals surface area (Å²) in [5.74, 6) is 1.86. The van der Waals surface area contributed by atoms with Gasteiger partial charge >= 0.3 is 0 Å². The van der Waals surface area contributed by atoms with Gasteiger partial charge in [-0.05, 0) is 55.2 Å². The summed E-state index contributed by atoms with van der Waals surface area (Å²) in [4.78, 5) is 0. The van der Waals surface area contributed by atoms with Crippen molar-refractivity contribution >= 4 is 0 Å². The van der Waals surface area contributed by atoms with E-state index in [2.05, 4.69) is 5.32 Å². The maximum Gasteiger partial charge on any atom is 0.123 e. The van der Waals surface area contributed by atoms with E-state index in [9.17, 15) is 4.39 Å². The molecule has 0 bridgehead atoms. The Balaban J connectivity index is 1.50. The molecule has 18 heavy (non-hydrogen) atoms. The molecule has 2 unspecified atom stereocenters. The van der Waals surface area contributed by atoms with E-state index in [0.717, 1.165) is 23.9 Å². The molecule has 0 radical (unpaired) electrons. The van der Waals surface area contributed by atoms with Crippen molar-refractivity contribution < 1.29 is 4.39 Å². The first-order valence-corrected chi connectivity index (χ1v) is 7.29. The SMILES string of the molecule is Fc1cccc(CNC2CCCC(C3CC3)C2)c1. The second-order valence-electron chi connectivity index (χ2n) is 5.97. The molecule has 0 heterocycles. The van der Waals surface area contributed by atoms with Gasteiger partial charge in [0.25, 0.3) is 0 Å². The van der Waals surface area contributed by atoms with Crippen LogP contribution in [0.2, 0.25) is 0 Å². The molecule has 0 amide bonds. The van der Waals surface area contributed by atoms with Crippen LogP contribution in [-0.4, -0.2) is 6.04 Å². The van der Waals surface area contributed by atoms with Crippen LogP contribution in [0.5, 0.6) is 0 Å². The van der Waals surface area contributed by atoms with Crippen molar-refractivity contribution in [1.29, 1.82) is 0 Å². The third-order valence-electron chi connectivity index (χ3n) is 4.49. The largest absolute Gasteiger partial charge is 0.310 e. The first-order chi connectivity index (χ1) is 8.81. The molecule has 2 aliphatic carbocycles. The van der Waals surface area contributed by atoms with Crippen LogP contribution in [0.3, 0.4) is 0 Å². The molecule has 0 saturated heterocycles. The third kappa shape index (κ3) is 3.11. The van der Waals surface area contributed by atoms with Crippen molar-refractivity contribution in [2.24, 2.45) is 11.8 Å². The lowest BCUT2D eigenvalue weighted by atomic mass is 9.82. The van der Waals surface area contributed by atoms with E-state index >= 15 is 0 Å². The van der Waals surface area contributed by atoms with Crippen LogP contribution in [0.1, 0.15) is 44.1 Å². The average Bonchev–Trinajstić information content (AvgIpc) is 3.21. The molecular weight excluding hydrogens is 225 g/mol. The smallest absolute Gasteiger partial charge is 0.123 e. The van der Waals surface area contributed by atoms with Gasteiger partial charge in [0.2, 0.25) is 0 Å². The number of benzene rings is 1. The molecule has 2 heteroatoms. The Morgan fingerprint density at radius 3 is 2.78 bits per heavy atom. The number of rotatable bonds is 4. The van der Waals surface area contributed by atoms with Crippen molar-refractivity contribution in [3.63, 3.8) is 0 Å². The van der Waals surface area contributed by atoms with Crippen molar-refractivity contribution in [2.75, 3.05) is 0 Å². The molecule has 2 saturated carbocycles. The highest BCUT2D eigenvalue weighted by molar-refractivity contribution is 5.16. The molecule has 1 N–H and O–H groups in total. The van der Waals surface area contributed by atoms with E-state index in [4.69, 9.17) is 0 Å². The van der Waals surface area contributed by atoms with Gasteiger partial charge in [0, 0.05) is 12.6 Å². The zero-order valence-electron chi connectivity index (χ0n) is 10.9. The topological polar surface area (TPSA) is 12.0 Å². The number of nitrogens with one attached hydrogen (secondary N) is 1. The predicted molar refractivity (Wildman–Crippen MR) is 71.7 cm³/mol. The highest BCUT2D eigenvalue weighted by Crippen LogP contribution is 2.43. The second-order valence-corrected chi connectivity index (χ2v) is 5.97. The Morgan fingerprint density at radius 1 is 1.11 bits per heavy atom. The Bertz CT molecular complexity index is 400. The Morgan fingerprint density at radius 2 is 2.00 bits per heavy atom. The first-order valence-electron chi connectivity index (χ1n) is 7.29. The van der Waals surface area contributed by atoms with Crippen LogP contribution < -0.4 is 5.32 Å². The second kappa shape index (κ2) is 5.40. The lowest BCUT2D eigenvalue weighted by molar-refractivity contribution is 0.260. The Hall–Kier alpha value is -0.890. The summed E-state index contributed by atoms with van der Waals surface area (Å²) in [5, 5.41) is 3.61. The van der Waals surface area contributed by atoms with Crippen LogP contribution in [-0.2, 0) is 6.54 Å². The summed E-state index contributed by atoms with van der Waals surface area (Å²) in [6.07, 6.45) is 8.34. The normalized spacial score (nSPS) is 28.3. The quantitative estimate of drug-likeness (QED) is 0.851. The molecule has 1 nitrogen and oxygen atoms in total. The number of halogens is 1. The van der Waals surface area contributed by atoms with Gasteiger partial charge in [0.05, 0.1) is 0 Å². The Labute approximate surface area is 109 Å². The summed E-state index contributed by atoms with van der Waals surface area (Å²) in [6.45, 7) is 0.805. The van der Waals surface area contributed by atoms with E-state index in [0.29, 0.717) is 6.04 Å². The molecule has 0 aliphatic heterocycles. The molecular formula is C16H22FN. The van der Waals surface area contributed by atoms with Gasteiger partial charge < -0.3 is 5.32 Å². The average molecular weight is 247 g/mol. The standard InChI is InChI=1S/C16H22FN/c17-15-5-1-3-12(9-15)11-18-16-6-2-4-14(10-16)13-7-8-13/h1,3,5,9,13-14,16,18H,2,4,6-8,10-11H2. The predicted octanol–water partition coefficient (Wildman–Crippen LogP) is 3.88. The molecule has 2 aliphatic rings. The molecule has 1 aromatic carbocycles. The lowest BCUT2D eigenvalue weighted by Gasteiger charge is -2.30. The molecule has 2 fully saturated rings. The number of hydrogen-bond donors (Lipinski definition) is 1. The van der Waals surface area contributed by atoms with E-state index in [1.165, 1.54) is 44.6 Å². The summed E-state index contributed by atoms with van der Waals surface area (Å²) in [6, 6.07) is 7.58. The van der Waals surface area contributed by atoms with Gasteiger partial charge in [-0.3, -0.25) is 0 Å². The van der Waals surface area contributed by atoms with E-state index < -0.39 is 0 Å².